The predicted octanol–water partition coefficient (Wildman–Crippen LogP) is 3.78. The van der Waals surface area contributed by atoms with Crippen LogP contribution < -0.4 is 0 Å². The number of nitrogens with zero attached hydrogens (tertiary/aromatic N) is 2. The van der Waals surface area contributed by atoms with Crippen LogP contribution in [0, 0.1) is 5.92 Å². The molecule has 1 amide bonds. The van der Waals surface area contributed by atoms with Gasteiger partial charge in [-0.2, -0.15) is 4.31 Å². The Kier molecular flexibility index (Phi) is 6.59. The van der Waals surface area contributed by atoms with E-state index in [2.05, 4.69) is 0 Å². The van der Waals surface area contributed by atoms with E-state index in [-0.39, 0.29) is 30.1 Å². The highest BCUT2D eigenvalue weighted by molar-refractivity contribution is 7.88. The van der Waals surface area contributed by atoms with Gasteiger partial charge in [-0.25, -0.2) is 8.42 Å². The predicted molar refractivity (Wildman–Crippen MR) is 137 cm³/mol. The van der Waals surface area contributed by atoms with Gasteiger partial charge in [-0.15, -0.1) is 0 Å². The molecule has 0 radical (unpaired) electrons. The lowest BCUT2D eigenvalue weighted by Crippen LogP contribution is -2.86. The summed E-state index contributed by atoms with van der Waals surface area (Å²) in [4.78, 5) is 15.0. The van der Waals surface area contributed by atoms with Gasteiger partial charge in [0.15, 0.2) is 0 Å². The smallest absolute Gasteiger partial charge is 0.225 e. The highest BCUT2D eigenvalue weighted by Crippen LogP contribution is 2.56. The van der Waals surface area contributed by atoms with Crippen LogP contribution >= 0.6 is 0 Å². The fourth-order valence-corrected chi connectivity index (χ4v) is 8.61. The molecule has 2 saturated heterocycles. The Morgan fingerprint density at radius 1 is 1.06 bits per heavy atom. The molecule has 5 rings (SSSR count). The molecular weight excluding hydrogens is 460 g/mol. The van der Waals surface area contributed by atoms with E-state index in [9.17, 15) is 18.3 Å². The number of rotatable bonds is 7. The maximum atomic E-state index is 13.7. The minimum atomic E-state index is -3.71. The molecule has 2 aromatic carbocycles. The fraction of sp³-hybridized carbons (Fsp3) is 0.464. The molecule has 7 heteroatoms. The number of benzene rings is 2. The zero-order valence-electron chi connectivity index (χ0n) is 20.2. The van der Waals surface area contributed by atoms with E-state index in [0.717, 1.165) is 42.4 Å². The number of carbonyl (C=O) groups excluding carboxylic acids is 1. The minimum absolute atomic E-state index is 0.0639. The summed E-state index contributed by atoms with van der Waals surface area (Å²) in [7, 11) is -3.71. The first-order valence-electron chi connectivity index (χ1n) is 12.6. The van der Waals surface area contributed by atoms with E-state index in [1.54, 1.807) is 0 Å². The summed E-state index contributed by atoms with van der Waals surface area (Å²) in [6.45, 7) is 2.48. The third-order valence-electron chi connectivity index (χ3n) is 7.98. The van der Waals surface area contributed by atoms with E-state index in [1.165, 1.54) is 4.31 Å². The quantitative estimate of drug-likeness (QED) is 0.636. The third kappa shape index (κ3) is 4.24. The second-order valence-electron chi connectivity index (χ2n) is 10.2. The van der Waals surface area contributed by atoms with Crippen molar-refractivity contribution >= 4 is 22.0 Å². The summed E-state index contributed by atoms with van der Waals surface area (Å²) in [5.74, 6) is -0.0576. The molecule has 0 bridgehead atoms. The van der Waals surface area contributed by atoms with Gasteiger partial charge in [-0.3, -0.25) is 4.79 Å². The van der Waals surface area contributed by atoms with Gasteiger partial charge >= 0.3 is 0 Å². The molecule has 186 valence electrons. The Bertz CT molecular complexity index is 1180. The molecule has 2 atom stereocenters. The van der Waals surface area contributed by atoms with Crippen LogP contribution in [0.4, 0.5) is 0 Å². The molecule has 0 unspecified atom stereocenters. The molecule has 3 aliphatic rings. The lowest BCUT2D eigenvalue weighted by atomic mass is 9.62. The van der Waals surface area contributed by atoms with Crippen molar-refractivity contribution in [3.63, 3.8) is 0 Å². The number of amides is 1. The van der Waals surface area contributed by atoms with Gasteiger partial charge in [-0.1, -0.05) is 79.6 Å². The molecule has 1 spiro atoms. The van der Waals surface area contributed by atoms with Crippen LogP contribution in [0.25, 0.3) is 6.08 Å². The number of hydrogen-bond donors (Lipinski definition) is 1. The van der Waals surface area contributed by atoms with E-state index in [1.807, 2.05) is 78.6 Å². The van der Waals surface area contributed by atoms with Crippen molar-refractivity contribution in [1.29, 1.82) is 0 Å². The van der Waals surface area contributed by atoms with Crippen LogP contribution in [-0.4, -0.2) is 59.9 Å². The molecule has 2 aromatic rings. The molecule has 1 aliphatic carbocycles. The summed E-state index contributed by atoms with van der Waals surface area (Å²) in [5, 5.41) is 10.4. The first kappa shape index (κ1) is 24.2. The van der Waals surface area contributed by atoms with Gasteiger partial charge in [0.25, 0.3) is 0 Å². The topological polar surface area (TPSA) is 77.9 Å². The van der Waals surface area contributed by atoms with Crippen molar-refractivity contribution in [3.05, 3.63) is 77.4 Å². The molecule has 0 aromatic heterocycles. The summed E-state index contributed by atoms with van der Waals surface area (Å²) in [6.07, 6.45) is 8.01. The van der Waals surface area contributed by atoms with Gasteiger partial charge in [0.2, 0.25) is 15.9 Å². The number of carbonyl (C=O) groups is 1. The Balaban J connectivity index is 1.46. The highest BCUT2D eigenvalue weighted by atomic mass is 32.2. The van der Waals surface area contributed by atoms with Gasteiger partial charge in [0, 0.05) is 24.9 Å². The van der Waals surface area contributed by atoms with Crippen molar-refractivity contribution in [2.75, 3.05) is 19.7 Å². The SMILES string of the molecule is CC=Cc1ccc([C@H]2[C@H](CO)N(S(=O)(=O)Cc3ccccc3)C23CN(C(=O)C2CCCC2)C3)cc1. The number of aliphatic hydroxyl groups is 1. The van der Waals surface area contributed by atoms with E-state index < -0.39 is 21.6 Å². The van der Waals surface area contributed by atoms with Crippen molar-refractivity contribution < 1.29 is 18.3 Å². The summed E-state index contributed by atoms with van der Waals surface area (Å²) in [5.41, 5.74) is 2.09. The standard InChI is InChI=1S/C28H34N2O4S/c1-2-8-21-13-15-23(16-14-21)26-25(17-31)30(35(33,34)18-22-9-4-3-5-10-22)28(26)19-29(20-28)27(32)24-11-6-7-12-24/h2-5,8-10,13-16,24-26,31H,6-7,11-12,17-20H2,1H3/t25-,26-/m0/s1. The third-order valence-corrected chi connectivity index (χ3v) is 9.91. The average molecular weight is 495 g/mol. The number of sulfonamides is 1. The summed E-state index contributed by atoms with van der Waals surface area (Å²) < 4.78 is 29.0. The maximum absolute atomic E-state index is 13.7. The number of aliphatic hydroxyl groups excluding tert-OH is 1. The van der Waals surface area contributed by atoms with Crippen LogP contribution in [0.15, 0.2) is 60.7 Å². The van der Waals surface area contributed by atoms with Crippen LogP contribution in [0.1, 0.15) is 55.2 Å². The van der Waals surface area contributed by atoms with Crippen molar-refractivity contribution in [3.8, 4) is 0 Å². The zero-order chi connectivity index (χ0) is 24.6. The van der Waals surface area contributed by atoms with Crippen LogP contribution in [0.5, 0.6) is 0 Å². The second kappa shape index (κ2) is 9.52. The molecule has 2 aliphatic heterocycles. The minimum Gasteiger partial charge on any atom is -0.395 e. The Labute approximate surface area is 208 Å². The molecular formula is C28H34N2O4S. The van der Waals surface area contributed by atoms with Crippen molar-refractivity contribution in [1.82, 2.24) is 9.21 Å². The molecule has 6 nitrogen and oxygen atoms in total. The van der Waals surface area contributed by atoms with Gasteiger partial charge in [0.05, 0.1) is 23.9 Å². The van der Waals surface area contributed by atoms with Crippen LogP contribution in [0.3, 0.4) is 0 Å². The zero-order valence-corrected chi connectivity index (χ0v) is 21.0. The van der Waals surface area contributed by atoms with Crippen LogP contribution in [0.2, 0.25) is 0 Å². The molecule has 1 saturated carbocycles. The van der Waals surface area contributed by atoms with Gasteiger partial charge < -0.3 is 10.0 Å². The number of allylic oxidation sites excluding steroid dienone is 1. The lowest BCUT2D eigenvalue weighted by molar-refractivity contribution is -0.170. The maximum Gasteiger partial charge on any atom is 0.225 e. The number of likely N-dealkylation sites (tertiary alicyclic amines) is 1. The number of hydrogen-bond acceptors (Lipinski definition) is 4. The average Bonchev–Trinajstić information content (AvgIpc) is 3.34. The normalized spacial score (nSPS) is 24.6. The first-order chi connectivity index (χ1) is 16.9. The van der Waals surface area contributed by atoms with Gasteiger partial charge in [-0.05, 0) is 36.5 Å². The molecule has 3 fully saturated rings. The Morgan fingerprint density at radius 2 is 1.71 bits per heavy atom. The molecule has 1 N–H and O–H groups in total. The van der Waals surface area contributed by atoms with E-state index >= 15 is 0 Å². The van der Waals surface area contributed by atoms with E-state index in [0.29, 0.717) is 13.1 Å². The van der Waals surface area contributed by atoms with Gasteiger partial charge in [0.1, 0.15) is 0 Å². The Morgan fingerprint density at radius 3 is 2.31 bits per heavy atom. The highest BCUT2D eigenvalue weighted by Gasteiger charge is 2.70. The lowest BCUT2D eigenvalue weighted by Gasteiger charge is -2.69. The monoisotopic (exact) mass is 494 g/mol. The van der Waals surface area contributed by atoms with E-state index in [4.69, 9.17) is 0 Å². The largest absolute Gasteiger partial charge is 0.395 e. The van der Waals surface area contributed by atoms with Crippen molar-refractivity contribution in [2.45, 2.75) is 55.9 Å². The van der Waals surface area contributed by atoms with Crippen LogP contribution in [-0.2, 0) is 20.6 Å². The first-order valence-corrected chi connectivity index (χ1v) is 14.2. The molecule has 2 heterocycles. The molecule has 35 heavy (non-hydrogen) atoms. The van der Waals surface area contributed by atoms with Crippen molar-refractivity contribution in [2.24, 2.45) is 5.92 Å². The summed E-state index contributed by atoms with van der Waals surface area (Å²) >= 11 is 0. The second-order valence-corrected chi connectivity index (χ2v) is 12.1. The summed E-state index contributed by atoms with van der Waals surface area (Å²) in [6, 6.07) is 16.7. The fourth-order valence-electron chi connectivity index (χ4n) is 6.47. The Hall–Kier alpha value is -2.48.